The molecule has 0 spiro atoms. The van der Waals surface area contributed by atoms with Gasteiger partial charge < -0.3 is 20.2 Å². The highest BCUT2D eigenvalue weighted by Gasteiger charge is 2.29. The van der Waals surface area contributed by atoms with E-state index in [2.05, 4.69) is 37.0 Å². The molecule has 1 aliphatic rings. The topological polar surface area (TPSA) is 154 Å². The van der Waals surface area contributed by atoms with Crippen molar-refractivity contribution in [1.29, 1.82) is 5.26 Å². The summed E-state index contributed by atoms with van der Waals surface area (Å²) in [4.78, 5) is 17.6. The molecule has 0 saturated heterocycles. The summed E-state index contributed by atoms with van der Waals surface area (Å²) in [6.45, 7) is 2.37. The molecule has 1 fully saturated rings. The van der Waals surface area contributed by atoms with Gasteiger partial charge in [-0.05, 0) is 63.8 Å². The van der Waals surface area contributed by atoms with Crippen LogP contribution in [0.3, 0.4) is 0 Å². The Morgan fingerprint density at radius 1 is 1.28 bits per heavy atom. The van der Waals surface area contributed by atoms with Crippen molar-refractivity contribution >= 4 is 17.1 Å². The van der Waals surface area contributed by atoms with Crippen LogP contribution in [0, 0.1) is 11.3 Å². The first-order valence-electron chi connectivity index (χ1n) is 12.8. The number of fused-ring (bicyclic) bond motifs is 1. The molecule has 1 saturated carbocycles. The first kappa shape index (κ1) is 26.2. The van der Waals surface area contributed by atoms with Gasteiger partial charge in [0.15, 0.2) is 0 Å². The van der Waals surface area contributed by atoms with Crippen molar-refractivity contribution in [2.24, 2.45) is 0 Å². The van der Waals surface area contributed by atoms with Gasteiger partial charge in [-0.3, -0.25) is 9.78 Å². The van der Waals surface area contributed by atoms with Crippen LogP contribution in [0.4, 0.5) is 10.1 Å². The molecular formula is C27H29FN8O3. The van der Waals surface area contributed by atoms with Gasteiger partial charge in [-0.2, -0.15) is 10.4 Å². The van der Waals surface area contributed by atoms with Gasteiger partial charge in [-0.1, -0.05) is 0 Å². The SMILES string of the molecule is CC(C)(O)C(F)CNC(=O)c1cnc(-c2ccc3cc(C#N)cnn23)cc1NC1CCC(c2nnco2)CC1. The summed E-state index contributed by atoms with van der Waals surface area (Å²) in [5.41, 5.74) is 1.69. The summed E-state index contributed by atoms with van der Waals surface area (Å²) in [6.07, 6.45) is 5.98. The van der Waals surface area contributed by atoms with E-state index in [4.69, 9.17) is 4.42 Å². The summed E-state index contributed by atoms with van der Waals surface area (Å²) >= 11 is 0. The van der Waals surface area contributed by atoms with E-state index in [0.29, 0.717) is 28.5 Å². The molecule has 3 N–H and O–H groups in total. The molecule has 1 unspecified atom stereocenters. The second kappa shape index (κ2) is 10.8. The Morgan fingerprint density at radius 2 is 2.08 bits per heavy atom. The highest BCUT2D eigenvalue weighted by Crippen LogP contribution is 2.34. The molecular weight excluding hydrogens is 503 g/mol. The third kappa shape index (κ3) is 5.73. The van der Waals surface area contributed by atoms with Crippen LogP contribution in [0.2, 0.25) is 0 Å². The second-order valence-electron chi connectivity index (χ2n) is 10.3. The standard InChI is InChI=1S/C27H29FN8O3/c1-27(2,38)24(28)14-31-25(37)20-13-30-22(23-8-7-19-9-16(11-29)12-33-36(19)23)10-21(20)34-18-5-3-17(4-6-18)26-35-32-15-39-26/h7-10,12-13,15,17-18,24,38H,3-6,14H2,1-2H3,(H,30,34)(H,31,37). The number of alkyl halides is 1. The molecule has 202 valence electrons. The molecule has 1 atom stereocenters. The Balaban J connectivity index is 1.41. The Hall–Kier alpha value is -4.37. The molecule has 0 aromatic carbocycles. The number of nitrogens with zero attached hydrogens (tertiary/aromatic N) is 6. The van der Waals surface area contributed by atoms with Gasteiger partial charge in [0.2, 0.25) is 12.3 Å². The van der Waals surface area contributed by atoms with Crippen LogP contribution in [-0.4, -0.2) is 60.2 Å². The third-order valence-electron chi connectivity index (χ3n) is 7.06. The zero-order chi connectivity index (χ0) is 27.6. The Morgan fingerprint density at radius 3 is 2.77 bits per heavy atom. The maximum Gasteiger partial charge on any atom is 0.255 e. The number of halogens is 1. The number of rotatable bonds is 8. The number of carbonyl (C=O) groups is 1. The first-order valence-corrected chi connectivity index (χ1v) is 12.8. The van der Waals surface area contributed by atoms with E-state index in [1.54, 1.807) is 16.6 Å². The van der Waals surface area contributed by atoms with Gasteiger partial charge in [-0.25, -0.2) is 8.91 Å². The normalized spacial score (nSPS) is 18.4. The number of aliphatic hydroxyl groups is 1. The number of anilines is 1. The molecule has 4 aromatic heterocycles. The largest absolute Gasteiger partial charge is 0.428 e. The van der Waals surface area contributed by atoms with Crippen molar-refractivity contribution in [3.63, 3.8) is 0 Å². The fourth-order valence-electron chi connectivity index (χ4n) is 4.74. The van der Waals surface area contributed by atoms with E-state index in [-0.39, 0.29) is 24.1 Å². The van der Waals surface area contributed by atoms with Gasteiger partial charge in [0.1, 0.15) is 12.2 Å². The predicted octanol–water partition coefficient (Wildman–Crippen LogP) is 3.63. The van der Waals surface area contributed by atoms with Crippen molar-refractivity contribution < 1.29 is 18.7 Å². The highest BCUT2D eigenvalue weighted by molar-refractivity contribution is 6.00. The van der Waals surface area contributed by atoms with Gasteiger partial charge in [-0.15, -0.1) is 10.2 Å². The smallest absolute Gasteiger partial charge is 0.255 e. The van der Waals surface area contributed by atoms with Crippen LogP contribution >= 0.6 is 0 Å². The molecule has 5 rings (SSSR count). The number of hydrogen-bond acceptors (Lipinski definition) is 9. The molecule has 4 aromatic rings. The van der Waals surface area contributed by atoms with Crippen LogP contribution in [0.5, 0.6) is 0 Å². The molecule has 4 heterocycles. The minimum atomic E-state index is -1.64. The van der Waals surface area contributed by atoms with Crippen LogP contribution in [0.1, 0.15) is 67.3 Å². The summed E-state index contributed by atoms with van der Waals surface area (Å²) in [5, 5.41) is 37.3. The average molecular weight is 533 g/mol. The summed E-state index contributed by atoms with van der Waals surface area (Å²) < 4.78 is 21.4. The van der Waals surface area contributed by atoms with Crippen molar-refractivity contribution in [3.05, 3.63) is 60.1 Å². The lowest BCUT2D eigenvalue weighted by Crippen LogP contribution is -2.42. The van der Waals surface area contributed by atoms with Crippen molar-refractivity contribution in [3.8, 4) is 17.5 Å². The molecule has 12 heteroatoms. The van der Waals surface area contributed by atoms with Crippen molar-refractivity contribution in [1.82, 2.24) is 30.1 Å². The number of hydrogen-bond donors (Lipinski definition) is 3. The molecule has 0 aliphatic heterocycles. The Kier molecular flexibility index (Phi) is 7.26. The van der Waals surface area contributed by atoms with Crippen LogP contribution in [0.15, 0.2) is 47.5 Å². The molecule has 0 radical (unpaired) electrons. The van der Waals surface area contributed by atoms with Crippen molar-refractivity contribution in [2.75, 3.05) is 11.9 Å². The maximum absolute atomic E-state index is 14.3. The quantitative estimate of drug-likeness (QED) is 0.309. The van der Waals surface area contributed by atoms with E-state index in [1.165, 1.54) is 32.6 Å². The average Bonchev–Trinajstić information content (AvgIpc) is 3.61. The van der Waals surface area contributed by atoms with E-state index in [1.807, 2.05) is 12.1 Å². The fourth-order valence-corrected chi connectivity index (χ4v) is 4.74. The number of nitriles is 1. The lowest BCUT2D eigenvalue weighted by atomic mass is 9.86. The fraction of sp³-hybridized carbons (Fsp3) is 0.407. The van der Waals surface area contributed by atoms with Gasteiger partial charge in [0.05, 0.1) is 52.1 Å². The van der Waals surface area contributed by atoms with Gasteiger partial charge >= 0.3 is 0 Å². The number of amides is 1. The number of aromatic nitrogens is 5. The van der Waals surface area contributed by atoms with E-state index in [0.717, 1.165) is 31.2 Å². The third-order valence-corrected chi connectivity index (χ3v) is 7.06. The maximum atomic E-state index is 14.3. The monoisotopic (exact) mass is 532 g/mol. The zero-order valence-corrected chi connectivity index (χ0v) is 21.6. The Labute approximate surface area is 224 Å². The molecule has 39 heavy (non-hydrogen) atoms. The van der Waals surface area contributed by atoms with Gasteiger partial charge in [0.25, 0.3) is 5.91 Å². The van der Waals surface area contributed by atoms with Crippen LogP contribution < -0.4 is 10.6 Å². The predicted molar refractivity (Wildman–Crippen MR) is 140 cm³/mol. The van der Waals surface area contributed by atoms with E-state index >= 15 is 0 Å². The second-order valence-corrected chi connectivity index (χ2v) is 10.3. The van der Waals surface area contributed by atoms with E-state index in [9.17, 15) is 19.6 Å². The first-order chi connectivity index (χ1) is 18.7. The minimum absolute atomic E-state index is 0.0802. The number of carbonyl (C=O) groups excluding carboxylic acids is 1. The molecule has 11 nitrogen and oxygen atoms in total. The number of pyridine rings is 1. The number of nitrogens with one attached hydrogen (secondary N) is 2. The lowest BCUT2D eigenvalue weighted by Gasteiger charge is -2.29. The van der Waals surface area contributed by atoms with Gasteiger partial charge in [0, 0.05) is 18.2 Å². The summed E-state index contributed by atoms with van der Waals surface area (Å²) in [5.74, 6) is 0.334. The van der Waals surface area contributed by atoms with E-state index < -0.39 is 17.7 Å². The summed E-state index contributed by atoms with van der Waals surface area (Å²) in [6, 6.07) is 9.37. The zero-order valence-electron chi connectivity index (χ0n) is 21.6. The molecule has 1 amide bonds. The Bertz CT molecular complexity index is 1500. The highest BCUT2D eigenvalue weighted by atomic mass is 19.1. The minimum Gasteiger partial charge on any atom is -0.428 e. The lowest BCUT2D eigenvalue weighted by molar-refractivity contribution is -0.00177. The van der Waals surface area contributed by atoms with Crippen LogP contribution in [0.25, 0.3) is 16.9 Å². The van der Waals surface area contributed by atoms with Crippen LogP contribution in [-0.2, 0) is 0 Å². The molecule has 0 bridgehead atoms. The molecule has 1 aliphatic carbocycles. The summed E-state index contributed by atoms with van der Waals surface area (Å²) in [7, 11) is 0. The van der Waals surface area contributed by atoms with Crippen molar-refractivity contribution in [2.45, 2.75) is 63.3 Å².